The predicted molar refractivity (Wildman–Crippen MR) is 90.1 cm³/mol. The third-order valence-corrected chi connectivity index (χ3v) is 4.21. The molecule has 1 amide bonds. The maximum Gasteiger partial charge on any atom is 0.253 e. The highest BCUT2D eigenvalue weighted by atomic mass is 16.2. The zero-order valence-electron chi connectivity index (χ0n) is 13.0. The fourth-order valence-corrected chi connectivity index (χ4v) is 2.90. The highest BCUT2D eigenvalue weighted by Crippen LogP contribution is 2.17. The minimum Gasteiger partial charge on any atom is -0.370 e. The van der Waals surface area contributed by atoms with Crippen molar-refractivity contribution in [2.45, 2.75) is 19.4 Å². The molecule has 3 heteroatoms. The van der Waals surface area contributed by atoms with Crippen molar-refractivity contribution in [1.29, 1.82) is 0 Å². The van der Waals surface area contributed by atoms with Crippen molar-refractivity contribution >= 4 is 11.6 Å². The lowest BCUT2D eigenvalue weighted by atomic mass is 10.1. The average molecular weight is 294 g/mol. The molecule has 1 heterocycles. The van der Waals surface area contributed by atoms with E-state index in [1.807, 2.05) is 35.2 Å². The summed E-state index contributed by atoms with van der Waals surface area (Å²) in [5, 5.41) is 0. The second-order valence-electron chi connectivity index (χ2n) is 5.89. The molecule has 2 aromatic rings. The molecule has 0 bridgehead atoms. The minimum atomic E-state index is 0.167. The van der Waals surface area contributed by atoms with Crippen molar-refractivity contribution in [3.05, 3.63) is 65.7 Å². The summed E-state index contributed by atoms with van der Waals surface area (Å²) in [6, 6.07) is 18.3. The van der Waals surface area contributed by atoms with Gasteiger partial charge in [-0.3, -0.25) is 4.79 Å². The van der Waals surface area contributed by atoms with Crippen LogP contribution < -0.4 is 4.90 Å². The van der Waals surface area contributed by atoms with Crippen molar-refractivity contribution in [3.8, 4) is 0 Å². The van der Waals surface area contributed by atoms with Crippen LogP contribution in [0.3, 0.4) is 0 Å². The number of benzene rings is 2. The normalized spacial score (nSPS) is 14.1. The lowest BCUT2D eigenvalue weighted by Crippen LogP contribution is -2.27. The van der Waals surface area contributed by atoms with Crippen molar-refractivity contribution in [3.63, 3.8) is 0 Å². The number of carbonyl (C=O) groups excluding carboxylic acids is 1. The van der Waals surface area contributed by atoms with Gasteiger partial charge in [0, 0.05) is 37.9 Å². The maximum atomic E-state index is 12.3. The van der Waals surface area contributed by atoms with E-state index < -0.39 is 0 Å². The van der Waals surface area contributed by atoms with E-state index in [0.717, 1.165) is 38.0 Å². The number of hydrogen-bond acceptors (Lipinski definition) is 2. The zero-order valence-corrected chi connectivity index (χ0v) is 13.0. The van der Waals surface area contributed by atoms with E-state index in [1.165, 1.54) is 11.3 Å². The molecule has 0 aliphatic carbocycles. The lowest BCUT2D eigenvalue weighted by Gasteiger charge is -2.20. The summed E-state index contributed by atoms with van der Waals surface area (Å²) in [5.41, 5.74) is 3.21. The van der Waals surface area contributed by atoms with Crippen LogP contribution in [-0.2, 0) is 6.54 Å². The van der Waals surface area contributed by atoms with E-state index in [-0.39, 0.29) is 5.91 Å². The van der Waals surface area contributed by atoms with E-state index in [1.54, 1.807) is 0 Å². The highest BCUT2D eigenvalue weighted by Gasteiger charge is 2.19. The summed E-state index contributed by atoms with van der Waals surface area (Å²) in [7, 11) is 2.08. The van der Waals surface area contributed by atoms with E-state index in [0.29, 0.717) is 0 Å². The first-order chi connectivity index (χ1) is 10.7. The Kier molecular flexibility index (Phi) is 4.42. The van der Waals surface area contributed by atoms with Gasteiger partial charge in [-0.25, -0.2) is 0 Å². The first kappa shape index (κ1) is 14.6. The van der Waals surface area contributed by atoms with Crippen molar-refractivity contribution < 1.29 is 4.79 Å². The summed E-state index contributed by atoms with van der Waals surface area (Å²) >= 11 is 0. The molecule has 1 aliphatic rings. The third kappa shape index (κ3) is 3.30. The molecule has 0 atom stereocenters. The van der Waals surface area contributed by atoms with Crippen LogP contribution in [-0.4, -0.2) is 30.9 Å². The standard InChI is InChI=1S/C19H22N2O/c1-20(18-7-3-2-4-8-18)15-16-9-11-17(12-10-16)19(22)21-13-5-6-14-21/h2-4,7-12H,5-6,13-15H2,1H3. The zero-order chi connectivity index (χ0) is 15.4. The SMILES string of the molecule is CN(Cc1ccc(C(=O)N2CCCC2)cc1)c1ccccc1. The second kappa shape index (κ2) is 6.65. The van der Waals surface area contributed by atoms with E-state index in [4.69, 9.17) is 0 Å². The molecule has 0 aromatic heterocycles. The van der Waals surface area contributed by atoms with Crippen LogP contribution in [0.5, 0.6) is 0 Å². The predicted octanol–water partition coefficient (Wildman–Crippen LogP) is 3.56. The first-order valence-corrected chi connectivity index (χ1v) is 7.88. The highest BCUT2D eigenvalue weighted by molar-refractivity contribution is 5.94. The monoisotopic (exact) mass is 294 g/mol. The Morgan fingerprint density at radius 3 is 2.27 bits per heavy atom. The molecule has 114 valence electrons. The number of likely N-dealkylation sites (tertiary alicyclic amines) is 1. The van der Waals surface area contributed by atoms with Gasteiger partial charge in [0.15, 0.2) is 0 Å². The van der Waals surface area contributed by atoms with Gasteiger partial charge >= 0.3 is 0 Å². The summed E-state index contributed by atoms with van der Waals surface area (Å²) in [5.74, 6) is 0.167. The Morgan fingerprint density at radius 2 is 1.64 bits per heavy atom. The Balaban J connectivity index is 1.65. The number of rotatable bonds is 4. The van der Waals surface area contributed by atoms with Crippen LogP contribution in [0.4, 0.5) is 5.69 Å². The number of carbonyl (C=O) groups is 1. The smallest absolute Gasteiger partial charge is 0.253 e. The van der Waals surface area contributed by atoms with Crippen LogP contribution in [0.15, 0.2) is 54.6 Å². The molecule has 22 heavy (non-hydrogen) atoms. The van der Waals surface area contributed by atoms with Crippen LogP contribution in [0.2, 0.25) is 0 Å². The fraction of sp³-hybridized carbons (Fsp3) is 0.316. The number of hydrogen-bond donors (Lipinski definition) is 0. The topological polar surface area (TPSA) is 23.6 Å². The molecule has 0 radical (unpaired) electrons. The van der Waals surface area contributed by atoms with E-state index in [2.05, 4.69) is 36.2 Å². The lowest BCUT2D eigenvalue weighted by molar-refractivity contribution is 0.0793. The third-order valence-electron chi connectivity index (χ3n) is 4.21. The van der Waals surface area contributed by atoms with Gasteiger partial charge in [0.05, 0.1) is 0 Å². The van der Waals surface area contributed by atoms with Crippen molar-refractivity contribution in [2.24, 2.45) is 0 Å². The Morgan fingerprint density at radius 1 is 1.00 bits per heavy atom. The maximum absolute atomic E-state index is 12.3. The molecule has 2 aromatic carbocycles. The first-order valence-electron chi connectivity index (χ1n) is 7.88. The van der Waals surface area contributed by atoms with Gasteiger partial charge in [-0.05, 0) is 42.7 Å². The molecule has 0 spiro atoms. The molecule has 1 aliphatic heterocycles. The summed E-state index contributed by atoms with van der Waals surface area (Å²) in [6.07, 6.45) is 2.26. The van der Waals surface area contributed by atoms with Crippen LogP contribution in [0.25, 0.3) is 0 Å². The Hall–Kier alpha value is -2.29. The molecule has 3 rings (SSSR count). The second-order valence-corrected chi connectivity index (χ2v) is 5.89. The molecule has 0 saturated carbocycles. The number of amides is 1. The van der Waals surface area contributed by atoms with Gasteiger partial charge < -0.3 is 9.80 Å². The quantitative estimate of drug-likeness (QED) is 0.861. The van der Waals surface area contributed by atoms with Crippen LogP contribution >= 0.6 is 0 Å². The van der Waals surface area contributed by atoms with Gasteiger partial charge in [0.1, 0.15) is 0 Å². The van der Waals surface area contributed by atoms with Crippen molar-refractivity contribution in [2.75, 3.05) is 25.0 Å². The summed E-state index contributed by atoms with van der Waals surface area (Å²) in [6.45, 7) is 2.64. The number of anilines is 1. The van der Waals surface area contributed by atoms with Gasteiger partial charge in [0.2, 0.25) is 0 Å². The van der Waals surface area contributed by atoms with Gasteiger partial charge in [-0.2, -0.15) is 0 Å². The van der Waals surface area contributed by atoms with Gasteiger partial charge in [0.25, 0.3) is 5.91 Å². The molecular formula is C19H22N2O. The summed E-state index contributed by atoms with van der Waals surface area (Å²) in [4.78, 5) is 16.5. The number of nitrogens with zero attached hydrogens (tertiary/aromatic N) is 2. The summed E-state index contributed by atoms with van der Waals surface area (Å²) < 4.78 is 0. The number of para-hydroxylation sites is 1. The molecule has 0 unspecified atom stereocenters. The largest absolute Gasteiger partial charge is 0.370 e. The molecule has 3 nitrogen and oxygen atoms in total. The van der Waals surface area contributed by atoms with Crippen LogP contribution in [0.1, 0.15) is 28.8 Å². The Bertz CT molecular complexity index is 616. The Labute approximate surface area is 132 Å². The fourth-order valence-electron chi connectivity index (χ4n) is 2.90. The minimum absolute atomic E-state index is 0.167. The van der Waals surface area contributed by atoms with E-state index >= 15 is 0 Å². The molecule has 1 saturated heterocycles. The van der Waals surface area contributed by atoms with Crippen LogP contribution in [0, 0.1) is 0 Å². The molecule has 0 N–H and O–H groups in total. The van der Waals surface area contributed by atoms with Crippen molar-refractivity contribution in [1.82, 2.24) is 4.90 Å². The van der Waals surface area contributed by atoms with Gasteiger partial charge in [-0.1, -0.05) is 30.3 Å². The van der Waals surface area contributed by atoms with Gasteiger partial charge in [-0.15, -0.1) is 0 Å². The molecular weight excluding hydrogens is 272 g/mol. The molecule has 1 fully saturated rings. The average Bonchev–Trinajstić information content (AvgIpc) is 3.10. The van der Waals surface area contributed by atoms with E-state index in [9.17, 15) is 4.79 Å².